The van der Waals surface area contributed by atoms with E-state index in [0.717, 1.165) is 12.8 Å². The maximum Gasteiger partial charge on any atom is 0.328 e. The zero-order valence-electron chi connectivity index (χ0n) is 8.73. The number of ether oxygens (including phenoxy) is 1. The number of piperidine rings is 1. The molecule has 1 aliphatic rings. The second-order valence-electron chi connectivity index (χ2n) is 3.46. The summed E-state index contributed by atoms with van der Waals surface area (Å²) in [6.45, 7) is 0.542. The first-order chi connectivity index (χ1) is 7.20. The fourth-order valence-corrected chi connectivity index (χ4v) is 1.78. The van der Waals surface area contributed by atoms with Gasteiger partial charge in [-0.3, -0.25) is 4.79 Å². The molecule has 0 aromatic rings. The lowest BCUT2D eigenvalue weighted by molar-refractivity contribution is -0.154. The number of nitriles is 1. The van der Waals surface area contributed by atoms with Crippen LogP contribution < -0.4 is 0 Å². The van der Waals surface area contributed by atoms with Crippen LogP contribution in [0.25, 0.3) is 0 Å². The fraction of sp³-hybridized carbons (Fsp3) is 0.700. The Bertz CT molecular complexity index is 296. The molecule has 0 bridgehead atoms. The van der Waals surface area contributed by atoms with E-state index in [0.29, 0.717) is 13.0 Å². The summed E-state index contributed by atoms with van der Waals surface area (Å²) in [5, 5.41) is 8.44. The van der Waals surface area contributed by atoms with Crippen molar-refractivity contribution in [3.8, 4) is 6.07 Å². The molecule has 1 amide bonds. The van der Waals surface area contributed by atoms with Crippen molar-refractivity contribution in [1.29, 1.82) is 5.26 Å². The highest BCUT2D eigenvalue weighted by atomic mass is 16.5. The van der Waals surface area contributed by atoms with E-state index in [-0.39, 0.29) is 18.3 Å². The minimum absolute atomic E-state index is 0.173. The van der Waals surface area contributed by atoms with Gasteiger partial charge in [-0.15, -0.1) is 0 Å². The average Bonchev–Trinajstić information content (AvgIpc) is 2.28. The predicted octanol–water partition coefficient (Wildman–Crippen LogP) is 0.454. The third-order valence-corrected chi connectivity index (χ3v) is 2.53. The van der Waals surface area contributed by atoms with Crippen LogP contribution in [0, 0.1) is 11.3 Å². The molecular weight excluding hydrogens is 196 g/mol. The van der Waals surface area contributed by atoms with Gasteiger partial charge < -0.3 is 9.64 Å². The van der Waals surface area contributed by atoms with E-state index in [4.69, 9.17) is 5.26 Å². The molecule has 1 heterocycles. The summed E-state index contributed by atoms with van der Waals surface area (Å²) in [5.41, 5.74) is 0. The molecule has 0 N–H and O–H groups in total. The molecule has 1 saturated heterocycles. The lowest BCUT2D eigenvalue weighted by Crippen LogP contribution is -2.48. The van der Waals surface area contributed by atoms with Gasteiger partial charge >= 0.3 is 5.97 Å². The lowest BCUT2D eigenvalue weighted by Gasteiger charge is -2.33. The second kappa shape index (κ2) is 5.35. The van der Waals surface area contributed by atoms with E-state index in [9.17, 15) is 9.59 Å². The Labute approximate surface area is 88.6 Å². The first-order valence-electron chi connectivity index (χ1n) is 4.95. The minimum atomic E-state index is -0.496. The number of carbonyl (C=O) groups is 2. The summed E-state index contributed by atoms with van der Waals surface area (Å²) < 4.78 is 4.63. The maximum atomic E-state index is 11.5. The number of nitrogens with zero attached hydrogens (tertiary/aromatic N) is 2. The van der Waals surface area contributed by atoms with Crippen LogP contribution in [0.1, 0.15) is 25.7 Å². The average molecular weight is 210 g/mol. The van der Waals surface area contributed by atoms with Gasteiger partial charge in [0.05, 0.1) is 13.2 Å². The molecule has 0 saturated carbocycles. The van der Waals surface area contributed by atoms with Crippen molar-refractivity contribution in [2.24, 2.45) is 0 Å². The highest BCUT2D eigenvalue weighted by Gasteiger charge is 2.32. The number of methoxy groups -OCH3 is 1. The number of hydrogen-bond donors (Lipinski definition) is 0. The van der Waals surface area contributed by atoms with Crippen LogP contribution in [-0.2, 0) is 14.3 Å². The molecule has 1 fully saturated rings. The Kier molecular flexibility index (Phi) is 4.10. The SMILES string of the molecule is COC(=O)C1CCCCN1C(=O)CC#N. The summed E-state index contributed by atoms with van der Waals surface area (Å²) in [4.78, 5) is 24.4. The molecule has 1 unspecified atom stereocenters. The standard InChI is InChI=1S/C10H14N2O3/c1-15-10(14)8-4-2-3-7-12(8)9(13)5-6-11/h8H,2-5,7H2,1H3. The summed E-state index contributed by atoms with van der Waals surface area (Å²) in [7, 11) is 1.31. The first-order valence-corrected chi connectivity index (χ1v) is 4.95. The van der Waals surface area contributed by atoms with Gasteiger partial charge in [0.1, 0.15) is 12.5 Å². The van der Waals surface area contributed by atoms with Gasteiger partial charge in [0, 0.05) is 6.54 Å². The zero-order valence-corrected chi connectivity index (χ0v) is 8.73. The summed E-state index contributed by atoms with van der Waals surface area (Å²) in [6, 6.07) is 1.30. The second-order valence-corrected chi connectivity index (χ2v) is 3.46. The van der Waals surface area contributed by atoms with Gasteiger partial charge in [-0.05, 0) is 19.3 Å². The van der Waals surface area contributed by atoms with Gasteiger partial charge in [-0.25, -0.2) is 4.79 Å². The van der Waals surface area contributed by atoms with Crippen molar-refractivity contribution in [1.82, 2.24) is 4.90 Å². The van der Waals surface area contributed by atoms with Gasteiger partial charge in [-0.2, -0.15) is 5.26 Å². The maximum absolute atomic E-state index is 11.5. The quantitative estimate of drug-likeness (QED) is 0.620. The van der Waals surface area contributed by atoms with Crippen molar-refractivity contribution in [2.45, 2.75) is 31.7 Å². The van der Waals surface area contributed by atoms with E-state index < -0.39 is 6.04 Å². The number of likely N-dealkylation sites (tertiary alicyclic amines) is 1. The Morgan fingerprint density at radius 3 is 2.87 bits per heavy atom. The van der Waals surface area contributed by atoms with Gasteiger partial charge in [0.15, 0.2) is 0 Å². The molecule has 0 aromatic heterocycles. The van der Waals surface area contributed by atoms with Crippen molar-refractivity contribution < 1.29 is 14.3 Å². The van der Waals surface area contributed by atoms with Crippen LogP contribution in [0.15, 0.2) is 0 Å². The smallest absolute Gasteiger partial charge is 0.328 e. The molecule has 0 spiro atoms. The molecule has 1 aliphatic heterocycles. The largest absolute Gasteiger partial charge is 0.467 e. The molecule has 1 rings (SSSR count). The van der Waals surface area contributed by atoms with E-state index in [1.54, 1.807) is 6.07 Å². The van der Waals surface area contributed by atoms with Crippen molar-refractivity contribution in [3.05, 3.63) is 0 Å². The van der Waals surface area contributed by atoms with Crippen molar-refractivity contribution in [2.75, 3.05) is 13.7 Å². The summed E-state index contributed by atoms with van der Waals surface area (Å²) >= 11 is 0. The van der Waals surface area contributed by atoms with Gasteiger partial charge in [0.25, 0.3) is 0 Å². The number of amides is 1. The van der Waals surface area contributed by atoms with E-state index >= 15 is 0 Å². The Balaban J connectivity index is 2.70. The van der Waals surface area contributed by atoms with E-state index in [1.807, 2.05) is 0 Å². The molecule has 0 aliphatic carbocycles. The van der Waals surface area contributed by atoms with Crippen LogP contribution in [-0.4, -0.2) is 36.5 Å². The number of carbonyl (C=O) groups excluding carboxylic acids is 2. The number of esters is 1. The minimum Gasteiger partial charge on any atom is -0.467 e. The van der Waals surface area contributed by atoms with Crippen LogP contribution >= 0.6 is 0 Å². The molecule has 15 heavy (non-hydrogen) atoms. The van der Waals surface area contributed by atoms with Crippen LogP contribution in [0.2, 0.25) is 0 Å². The molecule has 5 heteroatoms. The summed E-state index contributed by atoms with van der Waals surface area (Å²) in [5.74, 6) is -0.673. The van der Waals surface area contributed by atoms with E-state index in [1.165, 1.54) is 12.0 Å². The highest BCUT2D eigenvalue weighted by molar-refractivity contribution is 5.85. The topological polar surface area (TPSA) is 70.4 Å². The van der Waals surface area contributed by atoms with E-state index in [2.05, 4.69) is 4.74 Å². The fourth-order valence-electron chi connectivity index (χ4n) is 1.78. The van der Waals surface area contributed by atoms with Crippen molar-refractivity contribution >= 4 is 11.9 Å². The Morgan fingerprint density at radius 2 is 2.27 bits per heavy atom. The molecule has 0 radical (unpaired) electrons. The molecule has 5 nitrogen and oxygen atoms in total. The van der Waals surface area contributed by atoms with Gasteiger partial charge in [0.2, 0.25) is 5.91 Å². The van der Waals surface area contributed by atoms with Crippen LogP contribution in [0.3, 0.4) is 0 Å². The zero-order chi connectivity index (χ0) is 11.3. The Hall–Kier alpha value is -1.57. The molecule has 1 atom stereocenters. The third kappa shape index (κ3) is 2.69. The highest BCUT2D eigenvalue weighted by Crippen LogP contribution is 2.18. The number of hydrogen-bond acceptors (Lipinski definition) is 4. The third-order valence-electron chi connectivity index (χ3n) is 2.53. The van der Waals surface area contributed by atoms with Crippen molar-refractivity contribution in [3.63, 3.8) is 0 Å². The summed E-state index contributed by atoms with van der Waals surface area (Å²) in [6.07, 6.45) is 2.25. The van der Waals surface area contributed by atoms with Gasteiger partial charge in [-0.1, -0.05) is 0 Å². The lowest BCUT2D eigenvalue weighted by atomic mass is 10.0. The number of rotatable bonds is 2. The molecule has 82 valence electrons. The molecule has 0 aromatic carbocycles. The molecular formula is C10H14N2O3. The Morgan fingerprint density at radius 1 is 1.53 bits per heavy atom. The van der Waals surface area contributed by atoms with Crippen LogP contribution in [0.5, 0.6) is 0 Å². The first kappa shape index (κ1) is 11.5. The normalized spacial score (nSPS) is 20.5. The van der Waals surface area contributed by atoms with Crippen LogP contribution in [0.4, 0.5) is 0 Å². The monoisotopic (exact) mass is 210 g/mol. The predicted molar refractivity (Wildman–Crippen MR) is 51.6 cm³/mol.